The van der Waals surface area contributed by atoms with Gasteiger partial charge in [-0.25, -0.2) is 4.98 Å². The number of pyridine rings is 1. The van der Waals surface area contributed by atoms with Gasteiger partial charge in [-0.15, -0.1) is 11.3 Å². The molecular formula is C23H18ClN3O3S. The van der Waals surface area contributed by atoms with E-state index in [1.807, 2.05) is 42.5 Å². The first-order chi connectivity index (χ1) is 15.1. The molecule has 156 valence electrons. The van der Waals surface area contributed by atoms with E-state index in [1.165, 1.54) is 17.6 Å². The largest absolute Gasteiger partial charge is 0.459 e. The molecule has 5 rings (SSSR count). The summed E-state index contributed by atoms with van der Waals surface area (Å²) in [6.45, 7) is 1.84. The van der Waals surface area contributed by atoms with Crippen LogP contribution < -0.4 is 0 Å². The molecule has 1 fully saturated rings. The van der Waals surface area contributed by atoms with Gasteiger partial charge in [0.25, 0.3) is 11.8 Å². The summed E-state index contributed by atoms with van der Waals surface area (Å²) in [4.78, 5) is 35.1. The number of para-hydroxylation sites is 1. The third kappa shape index (κ3) is 3.82. The Morgan fingerprint density at radius 3 is 2.35 bits per heavy atom. The van der Waals surface area contributed by atoms with Gasteiger partial charge in [0.15, 0.2) is 5.76 Å². The van der Waals surface area contributed by atoms with Crippen LogP contribution in [0.25, 0.3) is 21.5 Å². The number of fused-ring (bicyclic) bond motifs is 1. The van der Waals surface area contributed by atoms with Gasteiger partial charge in [-0.05, 0) is 36.4 Å². The van der Waals surface area contributed by atoms with Crippen molar-refractivity contribution in [3.8, 4) is 10.6 Å². The molecular weight excluding hydrogens is 434 g/mol. The van der Waals surface area contributed by atoms with Crippen LogP contribution in [0.4, 0.5) is 0 Å². The molecule has 31 heavy (non-hydrogen) atoms. The van der Waals surface area contributed by atoms with Crippen molar-refractivity contribution >= 4 is 45.7 Å². The summed E-state index contributed by atoms with van der Waals surface area (Å²) in [5.41, 5.74) is 2.10. The van der Waals surface area contributed by atoms with E-state index < -0.39 is 0 Å². The number of amides is 2. The maximum atomic E-state index is 13.5. The maximum Gasteiger partial charge on any atom is 0.289 e. The summed E-state index contributed by atoms with van der Waals surface area (Å²) in [6.07, 6.45) is 1.49. The van der Waals surface area contributed by atoms with Gasteiger partial charge in [0, 0.05) is 31.6 Å². The molecule has 4 heterocycles. The second-order valence-corrected chi connectivity index (χ2v) is 8.95. The number of hydrogen-bond acceptors (Lipinski definition) is 5. The van der Waals surface area contributed by atoms with E-state index in [4.69, 9.17) is 21.0 Å². The predicted molar refractivity (Wildman–Crippen MR) is 121 cm³/mol. The monoisotopic (exact) mass is 451 g/mol. The molecule has 0 unspecified atom stereocenters. The number of furan rings is 1. The molecule has 0 atom stereocenters. The van der Waals surface area contributed by atoms with Crippen LogP contribution in [0.15, 0.2) is 65.3 Å². The number of carbonyl (C=O) groups is 2. The first-order valence-electron chi connectivity index (χ1n) is 9.88. The number of thiophene rings is 1. The topological polar surface area (TPSA) is 66.7 Å². The molecule has 0 bridgehead atoms. The number of aromatic nitrogens is 1. The minimum Gasteiger partial charge on any atom is -0.459 e. The Hall–Kier alpha value is -3.16. The van der Waals surface area contributed by atoms with Crippen LogP contribution in [0, 0.1) is 0 Å². The highest BCUT2D eigenvalue weighted by atomic mass is 35.5. The third-order valence-electron chi connectivity index (χ3n) is 5.36. The lowest BCUT2D eigenvalue weighted by atomic mass is 10.1. The average Bonchev–Trinajstić information content (AvgIpc) is 3.50. The first-order valence-corrected chi connectivity index (χ1v) is 11.1. The maximum absolute atomic E-state index is 13.5. The van der Waals surface area contributed by atoms with E-state index in [9.17, 15) is 9.59 Å². The van der Waals surface area contributed by atoms with Crippen molar-refractivity contribution < 1.29 is 14.0 Å². The lowest BCUT2D eigenvalue weighted by Crippen LogP contribution is -2.50. The lowest BCUT2D eigenvalue weighted by Gasteiger charge is -2.34. The third-order valence-corrected chi connectivity index (χ3v) is 6.61. The number of carbonyl (C=O) groups excluding carboxylic acids is 2. The van der Waals surface area contributed by atoms with E-state index in [2.05, 4.69) is 0 Å². The van der Waals surface area contributed by atoms with Gasteiger partial charge in [0.2, 0.25) is 0 Å². The Balaban J connectivity index is 1.41. The zero-order valence-corrected chi connectivity index (χ0v) is 18.0. The van der Waals surface area contributed by atoms with Crippen molar-refractivity contribution in [3.63, 3.8) is 0 Å². The van der Waals surface area contributed by atoms with Gasteiger partial charge in [0.05, 0.1) is 32.3 Å². The highest BCUT2D eigenvalue weighted by Crippen LogP contribution is 2.32. The zero-order valence-electron chi connectivity index (χ0n) is 16.5. The SMILES string of the molecule is O=C(c1ccco1)N1CCN(C(=O)c2cc(-c3ccc(Cl)s3)nc3ccccc23)CC1. The number of piperazine rings is 1. The summed E-state index contributed by atoms with van der Waals surface area (Å²) >= 11 is 7.54. The van der Waals surface area contributed by atoms with Gasteiger partial charge in [-0.1, -0.05) is 29.8 Å². The standard InChI is InChI=1S/C23H18ClN3O3S/c24-21-8-7-20(31-21)18-14-16(15-4-1-2-5-17(15)25-18)22(28)26-9-11-27(12-10-26)23(29)19-6-3-13-30-19/h1-8,13-14H,9-12H2. The number of rotatable bonds is 3. The second-order valence-electron chi connectivity index (χ2n) is 7.24. The van der Waals surface area contributed by atoms with Gasteiger partial charge in [0.1, 0.15) is 0 Å². The molecule has 0 N–H and O–H groups in total. The van der Waals surface area contributed by atoms with Crippen molar-refractivity contribution in [3.05, 3.63) is 76.5 Å². The van der Waals surface area contributed by atoms with Gasteiger partial charge >= 0.3 is 0 Å². The molecule has 0 saturated carbocycles. The minimum absolute atomic E-state index is 0.0624. The van der Waals surface area contributed by atoms with Gasteiger partial charge < -0.3 is 14.2 Å². The van der Waals surface area contributed by atoms with Gasteiger partial charge in [-0.3, -0.25) is 9.59 Å². The summed E-state index contributed by atoms with van der Waals surface area (Å²) in [6, 6.07) is 16.6. The number of halogens is 1. The first kappa shape index (κ1) is 19.8. The fourth-order valence-electron chi connectivity index (χ4n) is 3.77. The van der Waals surface area contributed by atoms with Gasteiger partial charge in [-0.2, -0.15) is 0 Å². The Bertz CT molecular complexity index is 1260. The molecule has 6 nitrogen and oxygen atoms in total. The van der Waals surface area contributed by atoms with Crippen molar-refractivity contribution in [2.24, 2.45) is 0 Å². The fraction of sp³-hybridized carbons (Fsp3) is 0.174. The van der Waals surface area contributed by atoms with Crippen molar-refractivity contribution in [1.29, 1.82) is 0 Å². The summed E-state index contributed by atoms with van der Waals surface area (Å²) in [5, 5.41) is 0.813. The van der Waals surface area contributed by atoms with E-state index in [0.717, 1.165) is 21.5 Å². The quantitative estimate of drug-likeness (QED) is 0.448. The molecule has 1 aromatic carbocycles. The van der Waals surface area contributed by atoms with E-state index in [-0.39, 0.29) is 11.8 Å². The number of benzene rings is 1. The van der Waals surface area contributed by atoms with Crippen LogP contribution in [0.3, 0.4) is 0 Å². The molecule has 4 aromatic rings. The predicted octanol–water partition coefficient (Wildman–Crippen LogP) is 4.81. The van der Waals surface area contributed by atoms with E-state index >= 15 is 0 Å². The Kier molecular flexibility index (Phi) is 5.21. The molecule has 1 aliphatic heterocycles. The van der Waals surface area contributed by atoms with Crippen LogP contribution in [0.2, 0.25) is 4.34 Å². The molecule has 2 amide bonds. The molecule has 3 aromatic heterocycles. The van der Waals surface area contributed by atoms with Crippen LogP contribution in [-0.2, 0) is 0 Å². The highest BCUT2D eigenvalue weighted by Gasteiger charge is 2.27. The van der Waals surface area contributed by atoms with Crippen LogP contribution in [-0.4, -0.2) is 52.8 Å². The summed E-state index contributed by atoms with van der Waals surface area (Å²) in [7, 11) is 0. The molecule has 0 radical (unpaired) electrons. The van der Waals surface area contributed by atoms with Crippen LogP contribution in [0.5, 0.6) is 0 Å². The van der Waals surface area contributed by atoms with E-state index in [1.54, 1.807) is 21.9 Å². The van der Waals surface area contributed by atoms with E-state index in [0.29, 0.717) is 41.8 Å². The smallest absolute Gasteiger partial charge is 0.289 e. The minimum atomic E-state index is -0.150. The van der Waals surface area contributed by atoms with Crippen molar-refractivity contribution in [2.45, 2.75) is 0 Å². The van der Waals surface area contributed by atoms with Crippen molar-refractivity contribution in [2.75, 3.05) is 26.2 Å². The zero-order chi connectivity index (χ0) is 21.4. The highest BCUT2D eigenvalue weighted by molar-refractivity contribution is 7.19. The number of hydrogen-bond donors (Lipinski definition) is 0. The normalized spacial score (nSPS) is 14.2. The molecule has 1 aliphatic rings. The average molecular weight is 452 g/mol. The lowest BCUT2D eigenvalue weighted by molar-refractivity contribution is 0.0519. The molecule has 0 spiro atoms. The Morgan fingerprint density at radius 2 is 1.68 bits per heavy atom. The Labute approximate surface area is 187 Å². The number of nitrogens with zero attached hydrogens (tertiary/aromatic N) is 3. The second kappa shape index (κ2) is 8.17. The molecule has 0 aliphatic carbocycles. The van der Waals surface area contributed by atoms with Crippen LogP contribution in [0.1, 0.15) is 20.9 Å². The summed E-state index contributed by atoms with van der Waals surface area (Å²) in [5.74, 6) is 0.107. The molecule has 1 saturated heterocycles. The fourth-order valence-corrected chi connectivity index (χ4v) is 4.77. The van der Waals surface area contributed by atoms with Crippen molar-refractivity contribution in [1.82, 2.24) is 14.8 Å². The summed E-state index contributed by atoms with van der Waals surface area (Å²) < 4.78 is 5.89. The Morgan fingerprint density at radius 1 is 0.935 bits per heavy atom. The molecule has 8 heteroatoms. The van der Waals surface area contributed by atoms with Crippen LogP contribution >= 0.6 is 22.9 Å².